The van der Waals surface area contributed by atoms with Crippen LogP contribution in [0.25, 0.3) is 0 Å². The normalized spacial score (nSPS) is 14.4. The van der Waals surface area contributed by atoms with Crippen LogP contribution in [0.4, 0.5) is 0 Å². The minimum Gasteiger partial charge on any atom is -0.352 e. The Morgan fingerprint density at radius 3 is 2.72 bits per heavy atom. The molecule has 3 heterocycles. The van der Waals surface area contributed by atoms with Crippen molar-refractivity contribution in [2.45, 2.75) is 58.7 Å². The highest BCUT2D eigenvalue weighted by Crippen LogP contribution is 2.16. The van der Waals surface area contributed by atoms with Crippen molar-refractivity contribution >= 4 is 41.3 Å². The average molecular weight is 474 g/mol. The number of rotatable bonds is 5. The molecule has 8 heteroatoms. The molecule has 2 aromatic heterocycles. The van der Waals surface area contributed by atoms with Gasteiger partial charge in [-0.1, -0.05) is 13.3 Å². The standard InChI is InChI=1S/C17H26N6S.HI/c1-3-13-8-9-14(24-13)11-19-17(18-2)20-12-16-22-21-15-7-5-4-6-10-23(15)16;/h8-9H,3-7,10-12H2,1-2H3,(H2,18,19,20);1H. The van der Waals surface area contributed by atoms with E-state index in [-0.39, 0.29) is 24.0 Å². The summed E-state index contributed by atoms with van der Waals surface area (Å²) in [6.45, 7) is 4.66. The number of aryl methyl sites for hydroxylation is 2. The van der Waals surface area contributed by atoms with E-state index in [2.05, 4.69) is 49.4 Å². The van der Waals surface area contributed by atoms with Crippen molar-refractivity contribution < 1.29 is 0 Å². The first kappa shape index (κ1) is 20.2. The third kappa shape index (κ3) is 5.40. The van der Waals surface area contributed by atoms with E-state index in [1.807, 2.05) is 11.3 Å². The fourth-order valence-electron chi connectivity index (χ4n) is 2.94. The zero-order valence-electron chi connectivity index (χ0n) is 14.9. The Balaban J connectivity index is 0.00000225. The van der Waals surface area contributed by atoms with E-state index in [0.717, 1.165) is 43.5 Å². The van der Waals surface area contributed by atoms with Gasteiger partial charge in [-0.05, 0) is 31.4 Å². The summed E-state index contributed by atoms with van der Waals surface area (Å²) in [6.07, 6.45) is 5.84. The third-order valence-electron chi connectivity index (χ3n) is 4.32. The lowest BCUT2D eigenvalue weighted by Crippen LogP contribution is -2.36. The van der Waals surface area contributed by atoms with Gasteiger partial charge in [0.15, 0.2) is 11.8 Å². The minimum absolute atomic E-state index is 0. The molecule has 138 valence electrons. The van der Waals surface area contributed by atoms with Gasteiger partial charge in [0, 0.05) is 29.8 Å². The van der Waals surface area contributed by atoms with Crippen molar-refractivity contribution in [1.82, 2.24) is 25.4 Å². The number of nitrogens with zero attached hydrogens (tertiary/aromatic N) is 4. The van der Waals surface area contributed by atoms with Crippen LogP contribution in [0.15, 0.2) is 17.1 Å². The van der Waals surface area contributed by atoms with Crippen LogP contribution in [0.3, 0.4) is 0 Å². The fraction of sp³-hybridized carbons (Fsp3) is 0.588. The Kier molecular flexibility index (Phi) is 8.14. The predicted octanol–water partition coefficient (Wildman–Crippen LogP) is 3.11. The molecule has 0 saturated carbocycles. The van der Waals surface area contributed by atoms with Gasteiger partial charge < -0.3 is 15.2 Å². The molecule has 0 fully saturated rings. The van der Waals surface area contributed by atoms with Crippen LogP contribution in [0.5, 0.6) is 0 Å². The lowest BCUT2D eigenvalue weighted by molar-refractivity contribution is 0.596. The topological polar surface area (TPSA) is 67.1 Å². The highest BCUT2D eigenvalue weighted by Gasteiger charge is 2.14. The lowest BCUT2D eigenvalue weighted by atomic mass is 10.2. The molecule has 0 bridgehead atoms. The average Bonchev–Trinajstić information content (AvgIpc) is 3.15. The van der Waals surface area contributed by atoms with Gasteiger partial charge in [-0.25, -0.2) is 0 Å². The van der Waals surface area contributed by atoms with Gasteiger partial charge in [-0.15, -0.1) is 45.5 Å². The summed E-state index contributed by atoms with van der Waals surface area (Å²) in [5, 5.41) is 15.4. The quantitative estimate of drug-likeness (QED) is 0.397. The van der Waals surface area contributed by atoms with E-state index in [0.29, 0.717) is 6.54 Å². The molecule has 0 spiro atoms. The summed E-state index contributed by atoms with van der Waals surface area (Å²) in [5.41, 5.74) is 0. The molecule has 2 N–H and O–H groups in total. The minimum atomic E-state index is 0. The van der Waals surface area contributed by atoms with Crippen molar-refractivity contribution in [2.75, 3.05) is 7.05 Å². The molecule has 2 aromatic rings. The lowest BCUT2D eigenvalue weighted by Gasteiger charge is -2.12. The van der Waals surface area contributed by atoms with Crippen LogP contribution in [0, 0.1) is 0 Å². The van der Waals surface area contributed by atoms with Gasteiger partial charge in [-0.3, -0.25) is 4.99 Å². The number of hydrogen-bond donors (Lipinski definition) is 2. The third-order valence-corrected chi connectivity index (χ3v) is 5.55. The number of halogens is 1. The first-order chi connectivity index (χ1) is 11.8. The number of hydrogen-bond acceptors (Lipinski definition) is 4. The summed E-state index contributed by atoms with van der Waals surface area (Å²) in [4.78, 5) is 7.04. The molecule has 0 atom stereocenters. The van der Waals surface area contributed by atoms with Crippen LogP contribution >= 0.6 is 35.3 Å². The van der Waals surface area contributed by atoms with E-state index >= 15 is 0 Å². The van der Waals surface area contributed by atoms with E-state index in [1.165, 1.54) is 29.0 Å². The molecular formula is C17H27IN6S. The maximum Gasteiger partial charge on any atom is 0.191 e. The highest BCUT2D eigenvalue weighted by molar-refractivity contribution is 14.0. The van der Waals surface area contributed by atoms with Crippen molar-refractivity contribution in [2.24, 2.45) is 4.99 Å². The second-order valence-electron chi connectivity index (χ2n) is 6.00. The number of nitrogens with one attached hydrogen (secondary N) is 2. The van der Waals surface area contributed by atoms with Gasteiger partial charge in [0.25, 0.3) is 0 Å². The first-order valence-corrected chi connectivity index (χ1v) is 9.55. The van der Waals surface area contributed by atoms with Crippen molar-refractivity contribution in [3.05, 3.63) is 33.5 Å². The van der Waals surface area contributed by atoms with E-state index in [9.17, 15) is 0 Å². The number of aromatic nitrogens is 3. The van der Waals surface area contributed by atoms with Crippen molar-refractivity contribution in [3.63, 3.8) is 0 Å². The Hall–Kier alpha value is -1.16. The first-order valence-electron chi connectivity index (χ1n) is 8.73. The Morgan fingerprint density at radius 2 is 1.96 bits per heavy atom. The summed E-state index contributed by atoms with van der Waals surface area (Å²) in [5.74, 6) is 2.92. The van der Waals surface area contributed by atoms with Crippen LogP contribution in [-0.4, -0.2) is 27.8 Å². The largest absolute Gasteiger partial charge is 0.352 e. The van der Waals surface area contributed by atoms with Gasteiger partial charge >= 0.3 is 0 Å². The molecule has 3 rings (SSSR count). The summed E-state index contributed by atoms with van der Waals surface area (Å²) in [7, 11) is 1.80. The van der Waals surface area contributed by atoms with Crippen molar-refractivity contribution in [1.29, 1.82) is 0 Å². The molecule has 6 nitrogen and oxygen atoms in total. The van der Waals surface area contributed by atoms with Crippen molar-refractivity contribution in [3.8, 4) is 0 Å². The molecule has 25 heavy (non-hydrogen) atoms. The second kappa shape index (κ2) is 10.1. The Labute approximate surface area is 170 Å². The molecule has 1 aliphatic heterocycles. The maximum atomic E-state index is 4.35. The predicted molar refractivity (Wildman–Crippen MR) is 114 cm³/mol. The molecule has 0 aliphatic carbocycles. The molecule has 0 amide bonds. The maximum absolute atomic E-state index is 4.35. The fourth-order valence-corrected chi connectivity index (χ4v) is 3.84. The van der Waals surface area contributed by atoms with Gasteiger partial charge in [0.2, 0.25) is 0 Å². The van der Waals surface area contributed by atoms with Gasteiger partial charge in [0.05, 0.1) is 13.1 Å². The van der Waals surface area contributed by atoms with Crippen LogP contribution in [0.2, 0.25) is 0 Å². The zero-order valence-corrected chi connectivity index (χ0v) is 18.1. The van der Waals surface area contributed by atoms with E-state index < -0.39 is 0 Å². The van der Waals surface area contributed by atoms with E-state index in [4.69, 9.17) is 0 Å². The summed E-state index contributed by atoms with van der Waals surface area (Å²) in [6, 6.07) is 4.38. The highest BCUT2D eigenvalue weighted by atomic mass is 127. The smallest absolute Gasteiger partial charge is 0.191 e. The second-order valence-corrected chi connectivity index (χ2v) is 7.25. The molecule has 0 unspecified atom stereocenters. The molecular weight excluding hydrogens is 447 g/mol. The zero-order chi connectivity index (χ0) is 16.8. The Bertz CT molecular complexity index is 693. The van der Waals surface area contributed by atoms with Crippen LogP contribution < -0.4 is 10.6 Å². The number of fused-ring (bicyclic) bond motifs is 1. The number of guanidine groups is 1. The summed E-state index contributed by atoms with van der Waals surface area (Å²) >= 11 is 1.85. The number of aliphatic imine (C=N–C) groups is 1. The van der Waals surface area contributed by atoms with E-state index in [1.54, 1.807) is 7.05 Å². The number of thiophene rings is 1. The molecule has 1 aliphatic rings. The SMILES string of the molecule is CCc1ccc(CNC(=NC)NCc2nnc3n2CCCCC3)s1.I. The van der Waals surface area contributed by atoms with Gasteiger partial charge in [0.1, 0.15) is 5.82 Å². The monoisotopic (exact) mass is 474 g/mol. The molecule has 0 aromatic carbocycles. The Morgan fingerprint density at radius 1 is 1.16 bits per heavy atom. The molecule has 0 saturated heterocycles. The molecule has 0 radical (unpaired) electrons. The van der Waals surface area contributed by atoms with Crippen LogP contribution in [0.1, 0.15) is 47.6 Å². The van der Waals surface area contributed by atoms with Crippen LogP contribution in [-0.2, 0) is 32.5 Å². The summed E-state index contributed by atoms with van der Waals surface area (Å²) < 4.78 is 2.26. The van der Waals surface area contributed by atoms with Gasteiger partial charge in [-0.2, -0.15) is 0 Å².